The molecule has 3 aromatic rings. The van der Waals surface area contributed by atoms with Crippen LogP contribution in [0, 0.1) is 5.41 Å². The number of hydrogen-bond donors (Lipinski definition) is 2. The lowest BCUT2D eigenvalue weighted by Crippen LogP contribution is -2.41. The molecule has 1 aromatic carbocycles. The van der Waals surface area contributed by atoms with Crippen molar-refractivity contribution in [2.75, 3.05) is 19.6 Å². The van der Waals surface area contributed by atoms with E-state index < -0.39 is 0 Å². The summed E-state index contributed by atoms with van der Waals surface area (Å²) in [6.45, 7) is 4.50. The average molecular weight is 444 g/mol. The molecule has 3 aliphatic rings. The van der Waals surface area contributed by atoms with Gasteiger partial charge in [0.25, 0.3) is 0 Å². The van der Waals surface area contributed by atoms with E-state index in [1.165, 1.54) is 11.3 Å². The highest BCUT2D eigenvalue weighted by Crippen LogP contribution is 2.50. The third-order valence-electron chi connectivity index (χ3n) is 7.44. The Morgan fingerprint density at radius 2 is 2.09 bits per heavy atom. The quantitative estimate of drug-likeness (QED) is 0.650. The number of carbonyl (C=O) groups excluding carboxylic acids is 1. The Hall–Kier alpha value is -3.39. The van der Waals surface area contributed by atoms with Gasteiger partial charge in [0, 0.05) is 61.1 Å². The molecule has 0 radical (unpaired) electrons. The summed E-state index contributed by atoms with van der Waals surface area (Å²) in [6.07, 6.45) is 10.1. The number of nitrogens with zero attached hydrogens (tertiary/aromatic N) is 5. The lowest BCUT2D eigenvalue weighted by molar-refractivity contribution is 0.200. The number of aromatic nitrogens is 3. The number of hydrogen-bond acceptors (Lipinski definition) is 5. The number of rotatable bonds is 3. The Kier molecular flexibility index (Phi) is 4.65. The van der Waals surface area contributed by atoms with Gasteiger partial charge < -0.3 is 15.2 Å². The molecule has 33 heavy (non-hydrogen) atoms. The van der Waals surface area contributed by atoms with Crippen LogP contribution in [0.2, 0.25) is 0 Å². The largest absolute Gasteiger partial charge is 0.331 e. The SMILES string of the molecule is CC(NC(=O)N1CCC2(CCN3NC(c4cnc5ccccc5c4)C=C32)C1)c1cnn(C)c1. The first-order valence-electron chi connectivity index (χ1n) is 11.7. The molecule has 2 amide bonds. The second-order valence-electron chi connectivity index (χ2n) is 9.59. The second-order valence-corrected chi connectivity index (χ2v) is 9.59. The van der Waals surface area contributed by atoms with E-state index >= 15 is 0 Å². The van der Waals surface area contributed by atoms with Gasteiger partial charge in [0.1, 0.15) is 0 Å². The number of benzene rings is 1. The smallest absolute Gasteiger partial charge is 0.317 e. The number of pyridine rings is 1. The van der Waals surface area contributed by atoms with Gasteiger partial charge in [-0.05, 0) is 43.5 Å². The molecule has 5 heterocycles. The molecule has 3 aliphatic heterocycles. The predicted molar refractivity (Wildman–Crippen MR) is 126 cm³/mol. The summed E-state index contributed by atoms with van der Waals surface area (Å²) < 4.78 is 1.76. The van der Waals surface area contributed by atoms with Crippen LogP contribution in [-0.2, 0) is 7.05 Å². The maximum atomic E-state index is 13.0. The Bertz CT molecular complexity index is 1250. The van der Waals surface area contributed by atoms with Gasteiger partial charge in [-0.3, -0.25) is 9.67 Å². The molecule has 8 nitrogen and oxygen atoms in total. The first-order valence-corrected chi connectivity index (χ1v) is 11.7. The van der Waals surface area contributed by atoms with Gasteiger partial charge in [-0.2, -0.15) is 5.10 Å². The first-order chi connectivity index (χ1) is 16.0. The molecule has 170 valence electrons. The Morgan fingerprint density at radius 1 is 1.24 bits per heavy atom. The maximum Gasteiger partial charge on any atom is 0.317 e. The van der Waals surface area contributed by atoms with Gasteiger partial charge in [-0.15, -0.1) is 0 Å². The number of urea groups is 1. The minimum absolute atomic E-state index is 0.00325. The van der Waals surface area contributed by atoms with Gasteiger partial charge >= 0.3 is 6.03 Å². The van der Waals surface area contributed by atoms with Crippen molar-refractivity contribution in [1.29, 1.82) is 0 Å². The summed E-state index contributed by atoms with van der Waals surface area (Å²) >= 11 is 0. The van der Waals surface area contributed by atoms with Crippen LogP contribution in [0.15, 0.2) is 60.7 Å². The molecule has 2 fully saturated rings. The molecule has 0 aliphatic carbocycles. The van der Waals surface area contributed by atoms with E-state index in [0.717, 1.165) is 48.9 Å². The molecule has 0 saturated carbocycles. The maximum absolute atomic E-state index is 13.0. The van der Waals surface area contributed by atoms with Crippen molar-refractivity contribution in [2.45, 2.75) is 31.8 Å². The zero-order valence-electron chi connectivity index (χ0n) is 19.0. The second kappa shape index (κ2) is 7.59. The number of aryl methyl sites for hydroxylation is 1. The number of para-hydroxylation sites is 1. The molecule has 2 saturated heterocycles. The fraction of sp³-hybridized carbons (Fsp3) is 0.400. The summed E-state index contributed by atoms with van der Waals surface area (Å²) in [5, 5.41) is 10.8. The molecule has 6 rings (SSSR count). The molecule has 3 unspecified atom stereocenters. The van der Waals surface area contributed by atoms with Crippen molar-refractivity contribution in [3.05, 3.63) is 71.8 Å². The normalized spacial score (nSPS) is 25.0. The third-order valence-corrected chi connectivity index (χ3v) is 7.44. The Morgan fingerprint density at radius 3 is 2.94 bits per heavy atom. The van der Waals surface area contributed by atoms with Crippen molar-refractivity contribution in [3.63, 3.8) is 0 Å². The van der Waals surface area contributed by atoms with Crippen LogP contribution in [0.4, 0.5) is 4.79 Å². The average Bonchev–Trinajstić information content (AvgIpc) is 3.60. The number of likely N-dealkylation sites (tertiary alicyclic amines) is 1. The van der Waals surface area contributed by atoms with Crippen molar-refractivity contribution < 1.29 is 4.79 Å². The molecule has 0 bridgehead atoms. The number of nitrogens with one attached hydrogen (secondary N) is 2. The van der Waals surface area contributed by atoms with E-state index in [4.69, 9.17) is 0 Å². The molecule has 2 N–H and O–H groups in total. The monoisotopic (exact) mass is 443 g/mol. The van der Waals surface area contributed by atoms with Crippen LogP contribution in [0.5, 0.6) is 0 Å². The van der Waals surface area contributed by atoms with Crippen LogP contribution < -0.4 is 10.7 Å². The van der Waals surface area contributed by atoms with Crippen LogP contribution in [0.1, 0.15) is 43.0 Å². The lowest BCUT2D eigenvalue weighted by Gasteiger charge is -2.26. The van der Waals surface area contributed by atoms with E-state index in [0.29, 0.717) is 0 Å². The molecule has 3 atom stereocenters. The van der Waals surface area contributed by atoms with Gasteiger partial charge in [0.05, 0.1) is 23.8 Å². The van der Waals surface area contributed by atoms with Crippen LogP contribution >= 0.6 is 0 Å². The number of amides is 2. The highest BCUT2D eigenvalue weighted by atomic mass is 16.2. The summed E-state index contributed by atoms with van der Waals surface area (Å²) in [5.74, 6) is 0. The summed E-state index contributed by atoms with van der Waals surface area (Å²) in [6, 6.07) is 10.5. The third kappa shape index (κ3) is 3.45. The van der Waals surface area contributed by atoms with Crippen molar-refractivity contribution in [1.82, 2.24) is 35.4 Å². The zero-order valence-corrected chi connectivity index (χ0v) is 19.0. The number of fused-ring (bicyclic) bond motifs is 3. The number of carbonyl (C=O) groups is 1. The number of hydrazine groups is 1. The van der Waals surface area contributed by atoms with Gasteiger partial charge in [0.15, 0.2) is 0 Å². The molecule has 8 heteroatoms. The van der Waals surface area contributed by atoms with Crippen LogP contribution in [-0.4, -0.2) is 50.3 Å². The van der Waals surface area contributed by atoms with E-state index in [2.05, 4.69) is 50.1 Å². The Balaban J connectivity index is 1.18. The lowest BCUT2D eigenvalue weighted by atomic mass is 9.82. The molecule has 1 spiro atoms. The van der Waals surface area contributed by atoms with Gasteiger partial charge in [-0.1, -0.05) is 18.2 Å². The van der Waals surface area contributed by atoms with E-state index in [9.17, 15) is 4.79 Å². The van der Waals surface area contributed by atoms with Gasteiger partial charge in [-0.25, -0.2) is 10.2 Å². The molecule has 2 aromatic heterocycles. The van der Waals surface area contributed by atoms with E-state index in [-0.39, 0.29) is 23.5 Å². The van der Waals surface area contributed by atoms with E-state index in [1.807, 2.05) is 49.6 Å². The topological polar surface area (TPSA) is 78.3 Å². The summed E-state index contributed by atoms with van der Waals surface area (Å²) in [5.41, 5.74) is 8.22. The summed E-state index contributed by atoms with van der Waals surface area (Å²) in [7, 11) is 1.89. The van der Waals surface area contributed by atoms with Crippen molar-refractivity contribution in [3.8, 4) is 0 Å². The fourth-order valence-corrected chi connectivity index (χ4v) is 5.54. The highest BCUT2D eigenvalue weighted by Gasteiger charge is 2.51. The van der Waals surface area contributed by atoms with E-state index in [1.54, 1.807) is 4.68 Å². The van der Waals surface area contributed by atoms with Crippen molar-refractivity contribution >= 4 is 16.9 Å². The summed E-state index contributed by atoms with van der Waals surface area (Å²) in [4.78, 5) is 19.6. The Labute approximate surface area is 193 Å². The van der Waals surface area contributed by atoms with Crippen LogP contribution in [0.25, 0.3) is 10.9 Å². The molecular formula is C25H29N7O. The fourth-order valence-electron chi connectivity index (χ4n) is 5.54. The minimum atomic E-state index is -0.0695. The first kappa shape index (κ1) is 20.2. The van der Waals surface area contributed by atoms with Crippen molar-refractivity contribution in [2.24, 2.45) is 12.5 Å². The zero-order chi connectivity index (χ0) is 22.6. The minimum Gasteiger partial charge on any atom is -0.331 e. The predicted octanol–water partition coefficient (Wildman–Crippen LogP) is 3.28. The highest BCUT2D eigenvalue weighted by molar-refractivity contribution is 5.79. The molecular weight excluding hydrogens is 414 g/mol. The van der Waals surface area contributed by atoms with Gasteiger partial charge in [0.2, 0.25) is 0 Å². The van der Waals surface area contributed by atoms with Crippen LogP contribution in [0.3, 0.4) is 0 Å². The standard InChI is InChI=1S/C25H29N7O/c1-17(20-14-27-30(2)15-20)28-24(33)31-9-7-25(16-31)8-10-32-23(25)12-22(29-32)19-11-18-5-3-4-6-21(18)26-13-19/h3-6,11-15,17,22,29H,7-10,16H2,1-2H3,(H,28,33).